The summed E-state index contributed by atoms with van der Waals surface area (Å²) in [6.45, 7) is 1.96. The van der Waals surface area contributed by atoms with Crippen LogP contribution in [0.25, 0.3) is 10.8 Å². The van der Waals surface area contributed by atoms with E-state index in [4.69, 9.17) is 13.8 Å². The molecule has 0 aliphatic heterocycles. The largest absolute Gasteiger partial charge is 0.492 e. The summed E-state index contributed by atoms with van der Waals surface area (Å²) in [5.74, 6) is -0.102. The van der Waals surface area contributed by atoms with Crippen molar-refractivity contribution in [2.75, 3.05) is 34.9 Å². The molecule has 1 aromatic heterocycles. The highest BCUT2D eigenvalue weighted by molar-refractivity contribution is 7.99. The maximum atomic E-state index is 12.0. The number of fused-ring (bicyclic) bond motifs is 1. The lowest BCUT2D eigenvalue weighted by Gasteiger charge is -2.13. The van der Waals surface area contributed by atoms with E-state index in [1.807, 2.05) is 0 Å². The predicted octanol–water partition coefficient (Wildman–Crippen LogP) is 4.82. The Hall–Kier alpha value is -3.53. The number of ether oxygens (including phenoxy) is 1. The fraction of sp³-hybridized carbons (Fsp3) is 0.296. The van der Waals surface area contributed by atoms with Crippen molar-refractivity contribution in [3.8, 4) is 5.75 Å². The predicted molar refractivity (Wildman–Crippen MR) is 192 cm³/mol. The SMILES string of the molecule is CCOc1cc(N=Nc2ccc3cc(S(=O)(=O)O)cc(S(=O)(=O)O)c3c2)ccc1Nc1nc(SCCCS(=O)(=O)O)nc(SCCCS(=O)(=O)O)n1. The second-order valence-corrected chi connectivity index (χ2v) is 18.5. The zero-order chi connectivity index (χ0) is 38.3. The summed E-state index contributed by atoms with van der Waals surface area (Å²) in [5, 5.41) is 11.7. The molecular weight excluding hydrogens is 809 g/mol. The van der Waals surface area contributed by atoms with E-state index in [2.05, 4.69) is 30.5 Å². The van der Waals surface area contributed by atoms with E-state index >= 15 is 0 Å². The average molecular weight is 839 g/mol. The van der Waals surface area contributed by atoms with Gasteiger partial charge in [-0.25, -0.2) is 0 Å². The van der Waals surface area contributed by atoms with Crippen LogP contribution in [0.2, 0.25) is 0 Å². The van der Waals surface area contributed by atoms with Crippen LogP contribution in [0.3, 0.4) is 0 Å². The van der Waals surface area contributed by atoms with E-state index < -0.39 is 61.8 Å². The Bertz CT molecular complexity index is 2370. The molecule has 0 aliphatic carbocycles. The number of hydrogen-bond acceptors (Lipinski definition) is 17. The van der Waals surface area contributed by atoms with E-state index in [9.17, 15) is 42.8 Å². The Labute approximate surface area is 307 Å². The van der Waals surface area contributed by atoms with E-state index in [-0.39, 0.29) is 75.1 Å². The number of benzene rings is 3. The minimum Gasteiger partial charge on any atom is -0.492 e. The van der Waals surface area contributed by atoms with Gasteiger partial charge < -0.3 is 10.1 Å². The molecule has 4 rings (SSSR count). The number of rotatable bonds is 18. The van der Waals surface area contributed by atoms with Gasteiger partial charge in [-0.1, -0.05) is 29.6 Å². The third kappa shape index (κ3) is 12.8. The van der Waals surface area contributed by atoms with Crippen LogP contribution in [0.1, 0.15) is 19.8 Å². The Kier molecular flexibility index (Phi) is 13.5. The number of aromatic nitrogens is 3. The number of thioether (sulfide) groups is 2. The zero-order valence-electron chi connectivity index (χ0n) is 26.7. The fourth-order valence-corrected chi connectivity index (χ4v) is 8.57. The molecule has 5 N–H and O–H groups in total. The summed E-state index contributed by atoms with van der Waals surface area (Å²) in [5.41, 5.74) is 0.798. The van der Waals surface area contributed by atoms with Gasteiger partial charge in [-0.2, -0.15) is 58.9 Å². The first-order valence-corrected chi connectivity index (χ1v) is 22.7. The standard InChI is InChI=1S/C27H30N6O13S6/c1-2-46-23-15-19(33-32-18-6-5-17-13-20(51(40,41)42)16-24(21(17)14-18)52(43,44)45)7-8-22(23)28-25-29-26(47-9-3-11-49(34,35)36)31-27(30-25)48-10-4-12-50(37,38)39/h5-8,13-16H,2-4,9-12H2,1H3,(H,34,35,36)(H,37,38,39)(H,40,41,42)(H,43,44,45)(H,28,29,30,31). The van der Waals surface area contributed by atoms with Crippen LogP contribution >= 0.6 is 23.5 Å². The smallest absolute Gasteiger partial charge is 0.295 e. The minimum absolute atomic E-state index is 0.0582. The number of nitrogens with one attached hydrogen (secondary N) is 1. The number of anilines is 2. The molecule has 0 saturated heterocycles. The highest BCUT2D eigenvalue weighted by Crippen LogP contribution is 2.35. The summed E-state index contributed by atoms with van der Waals surface area (Å²) in [6, 6.07) is 10.3. The van der Waals surface area contributed by atoms with E-state index in [0.29, 0.717) is 11.8 Å². The van der Waals surface area contributed by atoms with Gasteiger partial charge in [0.25, 0.3) is 40.5 Å². The normalized spacial score (nSPS) is 12.8. The Morgan fingerprint density at radius 1 is 0.712 bits per heavy atom. The molecule has 0 saturated carbocycles. The first-order chi connectivity index (χ1) is 24.2. The Balaban J connectivity index is 1.60. The summed E-state index contributed by atoms with van der Waals surface area (Å²) in [6.07, 6.45) is 0.213. The maximum absolute atomic E-state index is 12.0. The van der Waals surface area contributed by atoms with Crippen LogP contribution in [-0.2, 0) is 40.5 Å². The molecule has 0 fully saturated rings. The lowest BCUT2D eigenvalue weighted by atomic mass is 10.1. The van der Waals surface area contributed by atoms with Gasteiger partial charge in [0.05, 0.1) is 40.1 Å². The quantitative estimate of drug-likeness (QED) is 0.0388. The van der Waals surface area contributed by atoms with Gasteiger partial charge >= 0.3 is 0 Å². The van der Waals surface area contributed by atoms with Crippen molar-refractivity contribution in [2.24, 2.45) is 10.2 Å². The second kappa shape index (κ2) is 17.1. The summed E-state index contributed by atoms with van der Waals surface area (Å²) in [7, 11) is -18.0. The van der Waals surface area contributed by atoms with Gasteiger partial charge in [-0.05, 0) is 61.5 Å². The average Bonchev–Trinajstić information content (AvgIpc) is 3.03. The zero-order valence-corrected chi connectivity index (χ0v) is 31.6. The molecule has 0 spiro atoms. The third-order valence-corrected chi connectivity index (χ3v) is 11.6. The van der Waals surface area contributed by atoms with Crippen molar-refractivity contribution >= 4 is 97.8 Å². The number of hydrogen-bond donors (Lipinski definition) is 5. The van der Waals surface area contributed by atoms with E-state index in [0.717, 1.165) is 29.6 Å². The number of nitrogens with zero attached hydrogens (tertiary/aromatic N) is 5. The maximum Gasteiger partial charge on any atom is 0.295 e. The second-order valence-electron chi connectivity index (χ2n) is 10.4. The van der Waals surface area contributed by atoms with Crippen LogP contribution in [0, 0.1) is 0 Å². The van der Waals surface area contributed by atoms with Crippen molar-refractivity contribution < 1.29 is 56.6 Å². The molecule has 1 heterocycles. The lowest BCUT2D eigenvalue weighted by molar-refractivity contribution is 0.342. The minimum atomic E-state index is -4.92. The van der Waals surface area contributed by atoms with Crippen molar-refractivity contribution in [2.45, 2.75) is 39.9 Å². The molecule has 0 bridgehead atoms. The van der Waals surface area contributed by atoms with Crippen molar-refractivity contribution in [1.82, 2.24) is 15.0 Å². The first-order valence-electron chi connectivity index (χ1n) is 14.6. The summed E-state index contributed by atoms with van der Waals surface area (Å²) in [4.78, 5) is 11.5. The topological polar surface area (TPSA) is 302 Å². The molecule has 0 unspecified atom stereocenters. The first kappa shape index (κ1) is 41.2. The van der Waals surface area contributed by atoms with Gasteiger partial charge in [0, 0.05) is 23.0 Å². The molecule has 0 aliphatic rings. The molecule has 4 aromatic rings. The highest BCUT2D eigenvalue weighted by Gasteiger charge is 2.21. The molecular formula is C27H30N6O13S6. The van der Waals surface area contributed by atoms with Crippen LogP contribution in [-0.4, -0.2) is 96.5 Å². The van der Waals surface area contributed by atoms with Crippen LogP contribution in [0.4, 0.5) is 23.0 Å². The van der Waals surface area contributed by atoms with Crippen molar-refractivity contribution in [1.29, 1.82) is 0 Å². The van der Waals surface area contributed by atoms with Gasteiger partial charge in [-0.15, -0.1) is 0 Å². The van der Waals surface area contributed by atoms with Gasteiger partial charge in [0.1, 0.15) is 10.6 Å². The Morgan fingerprint density at radius 3 is 1.79 bits per heavy atom. The monoisotopic (exact) mass is 838 g/mol. The van der Waals surface area contributed by atoms with E-state index in [1.165, 1.54) is 24.3 Å². The molecule has 0 amide bonds. The fourth-order valence-electron chi connectivity index (χ4n) is 4.23. The number of azo groups is 1. The van der Waals surface area contributed by atoms with Crippen LogP contribution in [0.15, 0.2) is 78.9 Å². The Morgan fingerprint density at radius 2 is 1.27 bits per heavy atom. The van der Waals surface area contributed by atoms with E-state index in [1.54, 1.807) is 19.1 Å². The van der Waals surface area contributed by atoms with Gasteiger partial charge in [-0.3, -0.25) is 18.2 Å². The molecule has 282 valence electrons. The van der Waals surface area contributed by atoms with Gasteiger partial charge in [0.15, 0.2) is 10.3 Å². The van der Waals surface area contributed by atoms with Crippen molar-refractivity contribution in [3.05, 3.63) is 48.5 Å². The summed E-state index contributed by atoms with van der Waals surface area (Å²) >= 11 is 2.20. The molecule has 3 aromatic carbocycles. The molecule has 52 heavy (non-hydrogen) atoms. The molecule has 0 radical (unpaired) electrons. The lowest BCUT2D eigenvalue weighted by Crippen LogP contribution is -2.07. The van der Waals surface area contributed by atoms with Crippen molar-refractivity contribution in [3.63, 3.8) is 0 Å². The van der Waals surface area contributed by atoms with Crippen LogP contribution < -0.4 is 10.1 Å². The highest BCUT2D eigenvalue weighted by atomic mass is 32.2. The molecule has 0 atom stereocenters. The third-order valence-electron chi connectivity index (χ3n) is 6.39. The van der Waals surface area contributed by atoms with Gasteiger partial charge in [0.2, 0.25) is 5.95 Å². The van der Waals surface area contributed by atoms with Crippen LogP contribution in [0.5, 0.6) is 5.75 Å². The molecule has 25 heteroatoms. The molecule has 19 nitrogen and oxygen atoms in total. The summed E-state index contributed by atoms with van der Waals surface area (Å²) < 4.78 is 135.